The summed E-state index contributed by atoms with van der Waals surface area (Å²) in [6, 6.07) is 9.95. The van der Waals surface area contributed by atoms with E-state index in [0.717, 1.165) is 30.0 Å². The Kier molecular flexibility index (Phi) is 2.71. The molecule has 0 radical (unpaired) electrons. The second kappa shape index (κ2) is 4.39. The summed E-state index contributed by atoms with van der Waals surface area (Å²) in [5, 5.41) is 9.30. The third-order valence-corrected chi connectivity index (χ3v) is 3.43. The topological polar surface area (TPSA) is 53.4 Å². The molecule has 0 saturated carbocycles. The van der Waals surface area contributed by atoms with Gasteiger partial charge in [0.1, 0.15) is 5.56 Å². The maximum atomic E-state index is 11.3. The van der Waals surface area contributed by atoms with Crippen molar-refractivity contribution >= 4 is 17.3 Å². The number of aromatic carboxylic acids is 1. The number of benzene rings is 1. The van der Waals surface area contributed by atoms with Crippen molar-refractivity contribution in [3.05, 3.63) is 53.3 Å². The minimum Gasteiger partial charge on any atom is -0.478 e. The van der Waals surface area contributed by atoms with Gasteiger partial charge in [0, 0.05) is 24.1 Å². The molecule has 1 aliphatic rings. The van der Waals surface area contributed by atoms with Gasteiger partial charge in [-0.3, -0.25) is 4.98 Å². The van der Waals surface area contributed by atoms with Gasteiger partial charge in [-0.05, 0) is 31.0 Å². The number of anilines is 2. The van der Waals surface area contributed by atoms with Crippen LogP contribution in [0.1, 0.15) is 21.6 Å². The van der Waals surface area contributed by atoms with Gasteiger partial charge in [0.15, 0.2) is 0 Å². The van der Waals surface area contributed by atoms with E-state index in [4.69, 9.17) is 0 Å². The van der Waals surface area contributed by atoms with Gasteiger partial charge in [0.05, 0.1) is 5.69 Å². The molecular formula is C15H14N2O2. The number of carbonyl (C=O) groups is 1. The SMILES string of the molecule is Cc1cc(N2CCc3ccccc32)c(C(=O)O)cn1. The van der Waals surface area contributed by atoms with Crippen LogP contribution in [0.4, 0.5) is 11.4 Å². The molecule has 0 amide bonds. The highest BCUT2D eigenvalue weighted by Crippen LogP contribution is 2.36. The number of aryl methyl sites for hydroxylation is 1. The molecular weight excluding hydrogens is 240 g/mol. The fourth-order valence-corrected chi connectivity index (χ4v) is 2.52. The summed E-state index contributed by atoms with van der Waals surface area (Å²) in [7, 11) is 0. The minimum atomic E-state index is -0.938. The van der Waals surface area contributed by atoms with Crippen molar-refractivity contribution in [1.82, 2.24) is 4.98 Å². The zero-order valence-corrected chi connectivity index (χ0v) is 10.6. The van der Waals surface area contributed by atoms with Crippen LogP contribution in [-0.4, -0.2) is 22.6 Å². The molecule has 0 spiro atoms. The van der Waals surface area contributed by atoms with Crippen LogP contribution in [0.15, 0.2) is 36.5 Å². The van der Waals surface area contributed by atoms with E-state index in [-0.39, 0.29) is 5.56 Å². The molecule has 4 nitrogen and oxygen atoms in total. The Hall–Kier alpha value is -2.36. The monoisotopic (exact) mass is 254 g/mol. The first-order chi connectivity index (χ1) is 9.16. The van der Waals surface area contributed by atoms with Crippen molar-refractivity contribution in [2.45, 2.75) is 13.3 Å². The molecule has 1 N–H and O–H groups in total. The smallest absolute Gasteiger partial charge is 0.339 e. The molecule has 0 atom stereocenters. The number of rotatable bonds is 2. The molecule has 3 rings (SSSR count). The van der Waals surface area contributed by atoms with Crippen molar-refractivity contribution in [2.75, 3.05) is 11.4 Å². The summed E-state index contributed by atoms with van der Waals surface area (Å²) in [6.45, 7) is 2.68. The van der Waals surface area contributed by atoms with E-state index in [1.165, 1.54) is 11.8 Å². The quantitative estimate of drug-likeness (QED) is 0.895. The zero-order chi connectivity index (χ0) is 13.4. The standard InChI is InChI=1S/C15H14N2O2/c1-10-8-14(12(9-16-10)15(18)19)17-7-6-11-4-2-3-5-13(11)17/h2-5,8-9H,6-7H2,1H3,(H,18,19). The molecule has 0 unspecified atom stereocenters. The van der Waals surface area contributed by atoms with E-state index in [1.54, 1.807) is 0 Å². The maximum Gasteiger partial charge on any atom is 0.339 e. The second-order valence-electron chi connectivity index (χ2n) is 4.68. The lowest BCUT2D eigenvalue weighted by Gasteiger charge is -2.21. The summed E-state index contributed by atoms with van der Waals surface area (Å²) >= 11 is 0. The average molecular weight is 254 g/mol. The van der Waals surface area contributed by atoms with E-state index < -0.39 is 5.97 Å². The molecule has 0 fully saturated rings. The van der Waals surface area contributed by atoms with Gasteiger partial charge in [-0.1, -0.05) is 18.2 Å². The predicted octanol–water partition coefficient (Wildman–Crippen LogP) is 2.78. The number of nitrogens with zero attached hydrogens (tertiary/aromatic N) is 2. The van der Waals surface area contributed by atoms with Crippen LogP contribution in [0.3, 0.4) is 0 Å². The first-order valence-corrected chi connectivity index (χ1v) is 6.22. The lowest BCUT2D eigenvalue weighted by atomic mass is 10.1. The van der Waals surface area contributed by atoms with E-state index in [9.17, 15) is 9.90 Å². The van der Waals surface area contributed by atoms with Crippen LogP contribution in [0.2, 0.25) is 0 Å². The predicted molar refractivity (Wildman–Crippen MR) is 73.1 cm³/mol. The van der Waals surface area contributed by atoms with Crippen molar-refractivity contribution in [1.29, 1.82) is 0 Å². The number of carboxylic acids is 1. The zero-order valence-electron chi connectivity index (χ0n) is 10.6. The minimum absolute atomic E-state index is 0.252. The fourth-order valence-electron chi connectivity index (χ4n) is 2.52. The molecule has 1 aromatic heterocycles. The summed E-state index contributed by atoms with van der Waals surface area (Å²) in [5.41, 5.74) is 4.15. The van der Waals surface area contributed by atoms with Crippen LogP contribution in [-0.2, 0) is 6.42 Å². The number of hydrogen-bond donors (Lipinski definition) is 1. The number of hydrogen-bond acceptors (Lipinski definition) is 3. The molecule has 96 valence electrons. The van der Waals surface area contributed by atoms with Gasteiger partial charge in [-0.2, -0.15) is 0 Å². The van der Waals surface area contributed by atoms with Gasteiger partial charge in [-0.25, -0.2) is 4.79 Å². The van der Waals surface area contributed by atoms with Gasteiger partial charge in [0.25, 0.3) is 0 Å². The van der Waals surface area contributed by atoms with E-state index >= 15 is 0 Å². The van der Waals surface area contributed by atoms with Crippen LogP contribution >= 0.6 is 0 Å². The number of fused-ring (bicyclic) bond motifs is 1. The van der Waals surface area contributed by atoms with Crippen LogP contribution in [0, 0.1) is 6.92 Å². The van der Waals surface area contributed by atoms with Gasteiger partial charge in [0.2, 0.25) is 0 Å². The Morgan fingerprint density at radius 3 is 2.89 bits per heavy atom. The van der Waals surface area contributed by atoms with Crippen LogP contribution in [0.25, 0.3) is 0 Å². The van der Waals surface area contributed by atoms with Crippen LogP contribution < -0.4 is 4.90 Å². The van der Waals surface area contributed by atoms with E-state index in [2.05, 4.69) is 16.0 Å². The Balaban J connectivity index is 2.13. The third-order valence-electron chi connectivity index (χ3n) is 3.43. The van der Waals surface area contributed by atoms with Crippen molar-refractivity contribution < 1.29 is 9.90 Å². The Labute approximate surface area is 111 Å². The molecule has 0 bridgehead atoms. The van der Waals surface area contributed by atoms with Gasteiger partial charge < -0.3 is 10.0 Å². The van der Waals surface area contributed by atoms with Crippen molar-refractivity contribution in [3.63, 3.8) is 0 Å². The highest BCUT2D eigenvalue weighted by molar-refractivity contribution is 5.95. The average Bonchev–Trinajstić information content (AvgIpc) is 2.82. The normalized spacial score (nSPS) is 13.4. The van der Waals surface area contributed by atoms with Gasteiger partial charge in [-0.15, -0.1) is 0 Å². The first kappa shape index (κ1) is 11.7. The first-order valence-electron chi connectivity index (χ1n) is 6.22. The fraction of sp³-hybridized carbons (Fsp3) is 0.200. The second-order valence-corrected chi connectivity index (χ2v) is 4.68. The Bertz CT molecular complexity index is 652. The molecule has 2 aromatic rings. The van der Waals surface area contributed by atoms with Crippen molar-refractivity contribution in [2.24, 2.45) is 0 Å². The van der Waals surface area contributed by atoms with E-state index in [1.807, 2.05) is 31.2 Å². The third kappa shape index (κ3) is 1.95. The van der Waals surface area contributed by atoms with Crippen LogP contribution in [0.5, 0.6) is 0 Å². The summed E-state index contributed by atoms with van der Waals surface area (Å²) < 4.78 is 0. The summed E-state index contributed by atoms with van der Waals surface area (Å²) in [4.78, 5) is 17.5. The number of para-hydroxylation sites is 1. The largest absolute Gasteiger partial charge is 0.478 e. The molecule has 1 aliphatic heterocycles. The van der Waals surface area contributed by atoms with E-state index in [0.29, 0.717) is 0 Å². The maximum absolute atomic E-state index is 11.3. The molecule has 0 aliphatic carbocycles. The summed E-state index contributed by atoms with van der Waals surface area (Å²) in [6.07, 6.45) is 2.38. The number of carboxylic acid groups (broad SMARTS) is 1. The Morgan fingerprint density at radius 1 is 1.32 bits per heavy atom. The molecule has 19 heavy (non-hydrogen) atoms. The lowest BCUT2D eigenvalue weighted by molar-refractivity contribution is 0.0697. The molecule has 4 heteroatoms. The highest BCUT2D eigenvalue weighted by Gasteiger charge is 2.24. The number of aromatic nitrogens is 1. The van der Waals surface area contributed by atoms with Crippen molar-refractivity contribution in [3.8, 4) is 0 Å². The molecule has 2 heterocycles. The van der Waals surface area contributed by atoms with Gasteiger partial charge >= 0.3 is 5.97 Å². The Morgan fingerprint density at radius 2 is 2.11 bits per heavy atom. The lowest BCUT2D eigenvalue weighted by Crippen LogP contribution is -2.17. The summed E-state index contributed by atoms with van der Waals surface area (Å²) in [5.74, 6) is -0.938. The molecule has 1 aromatic carbocycles. The molecule has 0 saturated heterocycles. The highest BCUT2D eigenvalue weighted by atomic mass is 16.4. The number of pyridine rings is 1.